The van der Waals surface area contributed by atoms with E-state index in [1.54, 1.807) is 36.5 Å². The van der Waals surface area contributed by atoms with Gasteiger partial charge in [-0.2, -0.15) is 5.26 Å². The number of rotatable bonds is 10. The van der Waals surface area contributed by atoms with Crippen molar-refractivity contribution in [2.24, 2.45) is 0 Å². The van der Waals surface area contributed by atoms with Crippen molar-refractivity contribution in [2.45, 2.75) is 13.5 Å². The maximum atomic E-state index is 12.4. The molecule has 0 aliphatic heterocycles. The van der Waals surface area contributed by atoms with Crippen LogP contribution in [0.2, 0.25) is 5.02 Å². The van der Waals surface area contributed by atoms with Crippen LogP contribution >= 0.6 is 23.2 Å². The van der Waals surface area contributed by atoms with Gasteiger partial charge < -0.3 is 20.1 Å². The van der Waals surface area contributed by atoms with Gasteiger partial charge in [0.1, 0.15) is 24.2 Å². The van der Waals surface area contributed by atoms with Crippen molar-refractivity contribution in [1.29, 1.82) is 5.26 Å². The smallest absolute Gasteiger partial charge is 0.248 e. The van der Waals surface area contributed by atoms with E-state index in [1.165, 1.54) is 18.3 Å². The van der Waals surface area contributed by atoms with Gasteiger partial charge in [0, 0.05) is 41.5 Å². The summed E-state index contributed by atoms with van der Waals surface area (Å²) >= 11 is 12.1. The van der Waals surface area contributed by atoms with E-state index in [-0.39, 0.29) is 18.4 Å². The molecule has 0 saturated heterocycles. The van der Waals surface area contributed by atoms with Crippen LogP contribution in [-0.4, -0.2) is 28.4 Å². The van der Waals surface area contributed by atoms with Crippen LogP contribution < -0.4 is 20.1 Å². The standard InChI is InChI=1S/C28H23Cl2N5O3/c1-2-37-26-14-23-21(13-24(26)35-27(36)7-5-10-29)28(18(15-31)16-33-23)34-19-8-9-25(22(30)12-19)38-17-20-6-3-4-11-32-20/h3-9,11-14,16H,2,10,17H2,1H3,(H,33,34)(H,35,36)/b7-5+. The molecular weight excluding hydrogens is 525 g/mol. The monoisotopic (exact) mass is 547 g/mol. The molecule has 0 aliphatic rings. The summed E-state index contributed by atoms with van der Waals surface area (Å²) < 4.78 is 11.5. The van der Waals surface area contributed by atoms with Gasteiger partial charge in [0.25, 0.3) is 0 Å². The maximum absolute atomic E-state index is 12.4. The highest BCUT2D eigenvalue weighted by atomic mass is 35.5. The Bertz CT molecular complexity index is 1520. The van der Waals surface area contributed by atoms with E-state index in [0.29, 0.717) is 56.7 Å². The number of hydrogen-bond donors (Lipinski definition) is 2. The topological polar surface area (TPSA) is 109 Å². The van der Waals surface area contributed by atoms with Gasteiger partial charge in [0.15, 0.2) is 0 Å². The van der Waals surface area contributed by atoms with Gasteiger partial charge in [-0.05, 0) is 43.3 Å². The predicted octanol–water partition coefficient (Wildman–Crippen LogP) is 6.61. The molecular formula is C28H23Cl2N5O3. The zero-order valence-corrected chi connectivity index (χ0v) is 21.9. The summed E-state index contributed by atoms with van der Waals surface area (Å²) in [6.07, 6.45) is 6.06. The summed E-state index contributed by atoms with van der Waals surface area (Å²) in [7, 11) is 0. The molecule has 4 aromatic rings. The lowest BCUT2D eigenvalue weighted by Gasteiger charge is -2.16. The number of alkyl halides is 1. The first kappa shape index (κ1) is 26.7. The highest BCUT2D eigenvalue weighted by Crippen LogP contribution is 2.37. The number of carbonyl (C=O) groups excluding carboxylic acids is 1. The summed E-state index contributed by atoms with van der Waals surface area (Å²) in [5.41, 5.74) is 3.23. The van der Waals surface area contributed by atoms with Gasteiger partial charge in [-0.25, -0.2) is 0 Å². The van der Waals surface area contributed by atoms with Gasteiger partial charge in [0.2, 0.25) is 5.91 Å². The van der Waals surface area contributed by atoms with Crippen molar-refractivity contribution in [3.05, 3.63) is 89.4 Å². The first-order chi connectivity index (χ1) is 18.5. The van der Waals surface area contributed by atoms with E-state index in [2.05, 4.69) is 26.7 Å². The fourth-order valence-corrected chi connectivity index (χ4v) is 3.94. The molecule has 2 N–H and O–H groups in total. The zero-order chi connectivity index (χ0) is 26.9. The van der Waals surface area contributed by atoms with Crippen molar-refractivity contribution < 1.29 is 14.3 Å². The first-order valence-corrected chi connectivity index (χ1v) is 12.6. The number of pyridine rings is 2. The van der Waals surface area contributed by atoms with Crippen LogP contribution in [0.5, 0.6) is 11.5 Å². The molecule has 2 heterocycles. The maximum Gasteiger partial charge on any atom is 0.248 e. The molecule has 0 unspecified atom stereocenters. The highest BCUT2D eigenvalue weighted by molar-refractivity contribution is 6.32. The number of nitrogens with zero attached hydrogens (tertiary/aromatic N) is 3. The molecule has 0 radical (unpaired) electrons. The summed E-state index contributed by atoms with van der Waals surface area (Å²) in [6, 6.07) is 16.4. The molecule has 0 spiro atoms. The summed E-state index contributed by atoms with van der Waals surface area (Å²) in [6.45, 7) is 2.51. The molecule has 0 saturated carbocycles. The minimum Gasteiger partial charge on any atom is -0.492 e. The Kier molecular flexibility index (Phi) is 8.98. The Morgan fingerprint density at radius 1 is 1.13 bits per heavy atom. The molecule has 10 heteroatoms. The van der Waals surface area contributed by atoms with E-state index >= 15 is 0 Å². The quantitative estimate of drug-likeness (QED) is 0.170. The number of fused-ring (bicyclic) bond motifs is 1. The Balaban J connectivity index is 1.67. The molecule has 8 nitrogen and oxygen atoms in total. The lowest BCUT2D eigenvalue weighted by molar-refractivity contribution is -0.111. The van der Waals surface area contributed by atoms with Crippen LogP contribution in [0.25, 0.3) is 10.9 Å². The zero-order valence-electron chi connectivity index (χ0n) is 20.4. The fraction of sp³-hybridized carbons (Fsp3) is 0.143. The number of ether oxygens (including phenoxy) is 2. The summed E-state index contributed by atoms with van der Waals surface area (Å²) in [4.78, 5) is 21.0. The molecule has 192 valence electrons. The second-order valence-corrected chi connectivity index (χ2v) is 8.60. The largest absolute Gasteiger partial charge is 0.492 e. The number of halogens is 2. The second kappa shape index (κ2) is 12.8. The van der Waals surface area contributed by atoms with Crippen molar-refractivity contribution >= 4 is 57.1 Å². The molecule has 0 fully saturated rings. The third kappa shape index (κ3) is 6.51. The molecule has 4 rings (SSSR count). The predicted molar refractivity (Wildman–Crippen MR) is 149 cm³/mol. The van der Waals surface area contributed by atoms with Crippen LogP contribution in [0.1, 0.15) is 18.2 Å². The van der Waals surface area contributed by atoms with Crippen LogP contribution in [0.15, 0.2) is 73.1 Å². The Morgan fingerprint density at radius 2 is 2.00 bits per heavy atom. The number of benzene rings is 2. The molecule has 38 heavy (non-hydrogen) atoms. The SMILES string of the molecule is CCOc1cc2ncc(C#N)c(Nc3ccc(OCc4ccccn4)c(Cl)c3)c2cc1NC(=O)/C=C/CCl. The normalized spacial score (nSPS) is 10.8. The second-order valence-electron chi connectivity index (χ2n) is 7.88. The summed E-state index contributed by atoms with van der Waals surface area (Å²) in [5.74, 6) is 0.799. The minimum absolute atomic E-state index is 0.211. The number of allylic oxidation sites excluding steroid dienone is 1. The van der Waals surface area contributed by atoms with Crippen molar-refractivity contribution in [1.82, 2.24) is 9.97 Å². The van der Waals surface area contributed by atoms with Gasteiger partial charge in [-0.15, -0.1) is 11.6 Å². The molecule has 2 aromatic carbocycles. The third-order valence-corrected chi connectivity index (χ3v) is 5.78. The molecule has 2 aromatic heterocycles. The minimum atomic E-state index is -0.363. The number of anilines is 3. The number of aromatic nitrogens is 2. The van der Waals surface area contributed by atoms with E-state index in [0.717, 1.165) is 5.69 Å². The van der Waals surface area contributed by atoms with E-state index in [1.807, 2.05) is 25.1 Å². The van der Waals surface area contributed by atoms with Gasteiger partial charge in [0.05, 0.1) is 39.8 Å². The Labute approximate surface area is 229 Å². The van der Waals surface area contributed by atoms with Crippen LogP contribution in [0, 0.1) is 11.3 Å². The molecule has 0 atom stereocenters. The van der Waals surface area contributed by atoms with Crippen molar-refractivity contribution in [3.8, 4) is 17.6 Å². The number of hydrogen-bond acceptors (Lipinski definition) is 7. The van der Waals surface area contributed by atoms with Crippen LogP contribution in [0.4, 0.5) is 17.1 Å². The Hall–Kier alpha value is -4.32. The number of amides is 1. The third-order valence-electron chi connectivity index (χ3n) is 5.31. The molecule has 0 aliphatic carbocycles. The van der Waals surface area contributed by atoms with Gasteiger partial charge in [-0.3, -0.25) is 14.8 Å². The van der Waals surface area contributed by atoms with Crippen molar-refractivity contribution in [3.63, 3.8) is 0 Å². The first-order valence-electron chi connectivity index (χ1n) is 11.6. The number of nitriles is 1. The van der Waals surface area contributed by atoms with E-state index < -0.39 is 0 Å². The number of nitrogens with one attached hydrogen (secondary N) is 2. The summed E-state index contributed by atoms with van der Waals surface area (Å²) in [5, 5.41) is 16.9. The van der Waals surface area contributed by atoms with Crippen molar-refractivity contribution in [2.75, 3.05) is 23.1 Å². The molecule has 1 amide bonds. The average Bonchev–Trinajstić information content (AvgIpc) is 2.93. The van der Waals surface area contributed by atoms with E-state index in [9.17, 15) is 10.1 Å². The van der Waals surface area contributed by atoms with Gasteiger partial charge >= 0.3 is 0 Å². The average molecular weight is 548 g/mol. The van der Waals surface area contributed by atoms with Gasteiger partial charge in [-0.1, -0.05) is 23.7 Å². The van der Waals surface area contributed by atoms with E-state index in [4.69, 9.17) is 32.7 Å². The lowest BCUT2D eigenvalue weighted by atomic mass is 10.1. The highest BCUT2D eigenvalue weighted by Gasteiger charge is 2.16. The number of carbonyl (C=O) groups is 1. The Morgan fingerprint density at radius 3 is 2.71 bits per heavy atom. The van der Waals surface area contributed by atoms with Crippen LogP contribution in [-0.2, 0) is 11.4 Å². The lowest BCUT2D eigenvalue weighted by Crippen LogP contribution is -2.10. The fourth-order valence-electron chi connectivity index (χ4n) is 3.61. The molecule has 0 bridgehead atoms. The van der Waals surface area contributed by atoms with Crippen LogP contribution in [0.3, 0.4) is 0 Å².